The van der Waals surface area contributed by atoms with Crippen LogP contribution in [0, 0.1) is 5.92 Å². The lowest BCUT2D eigenvalue weighted by Crippen LogP contribution is -2.41. The fraction of sp³-hybridized carbons (Fsp3) is 0.250. The van der Waals surface area contributed by atoms with Crippen LogP contribution in [0.4, 0.5) is 5.69 Å². The minimum atomic E-state index is 0.0138. The van der Waals surface area contributed by atoms with Crippen molar-refractivity contribution >= 4 is 17.3 Å². The van der Waals surface area contributed by atoms with E-state index >= 15 is 0 Å². The standard InChI is InChI=1S/C28H31N3O3/c1-19(29)27-25(30-2)12-5-13-26(27)34-18-20-7-6-14-31(17-20)28(33)23-10-3-8-21(15-23)22-9-4-11-24(32)16-22/h3-5,8-13,15-16,20,30,32H,1,6-7,14,17-18,29H2,2H3. The molecule has 0 aromatic heterocycles. The minimum absolute atomic E-state index is 0.0138. The number of aromatic hydroxyl groups is 1. The van der Waals surface area contributed by atoms with Crippen LogP contribution in [0.3, 0.4) is 0 Å². The van der Waals surface area contributed by atoms with Gasteiger partial charge >= 0.3 is 0 Å². The number of nitrogens with two attached hydrogens (primary N) is 1. The zero-order chi connectivity index (χ0) is 24.1. The van der Waals surface area contributed by atoms with Gasteiger partial charge in [0.05, 0.1) is 12.2 Å². The number of phenolic OH excluding ortho intramolecular Hbond substituents is 1. The highest BCUT2D eigenvalue weighted by atomic mass is 16.5. The van der Waals surface area contributed by atoms with Gasteiger partial charge in [0.2, 0.25) is 0 Å². The van der Waals surface area contributed by atoms with Gasteiger partial charge in [-0.05, 0) is 60.4 Å². The van der Waals surface area contributed by atoms with E-state index in [1.807, 2.05) is 60.5 Å². The molecule has 3 aromatic carbocycles. The summed E-state index contributed by atoms with van der Waals surface area (Å²) in [7, 11) is 1.84. The monoisotopic (exact) mass is 457 g/mol. The number of amides is 1. The molecule has 1 saturated heterocycles. The first-order valence-corrected chi connectivity index (χ1v) is 11.5. The van der Waals surface area contributed by atoms with Gasteiger partial charge in [-0.1, -0.05) is 36.9 Å². The number of phenols is 1. The molecule has 1 atom stereocenters. The molecule has 1 amide bonds. The van der Waals surface area contributed by atoms with Gasteiger partial charge in [0, 0.05) is 43.0 Å². The molecular weight excluding hydrogens is 426 g/mol. The summed E-state index contributed by atoms with van der Waals surface area (Å²) in [6.45, 7) is 5.75. The number of likely N-dealkylation sites (tertiary alicyclic amines) is 1. The number of nitrogens with one attached hydrogen (secondary N) is 1. The molecular formula is C28H31N3O3. The number of carbonyl (C=O) groups excluding carboxylic acids is 1. The maximum absolute atomic E-state index is 13.3. The first kappa shape index (κ1) is 23.2. The quantitative estimate of drug-likeness (QED) is 0.467. The Morgan fingerprint density at radius 2 is 1.88 bits per heavy atom. The molecule has 0 spiro atoms. The SMILES string of the molecule is C=C(N)c1c(NC)cccc1OCC1CCCN(C(=O)c2cccc(-c3cccc(O)c3)c2)C1. The first-order chi connectivity index (χ1) is 16.5. The topological polar surface area (TPSA) is 87.8 Å². The van der Waals surface area contributed by atoms with Crippen LogP contribution in [-0.2, 0) is 0 Å². The van der Waals surface area contributed by atoms with Gasteiger partial charge in [0.25, 0.3) is 5.91 Å². The zero-order valence-electron chi connectivity index (χ0n) is 19.5. The van der Waals surface area contributed by atoms with Gasteiger partial charge in [-0.3, -0.25) is 4.79 Å². The van der Waals surface area contributed by atoms with Crippen LogP contribution in [0.1, 0.15) is 28.8 Å². The Morgan fingerprint density at radius 1 is 1.15 bits per heavy atom. The molecule has 1 aliphatic rings. The number of anilines is 1. The van der Waals surface area contributed by atoms with Crippen LogP contribution < -0.4 is 15.8 Å². The van der Waals surface area contributed by atoms with Crippen LogP contribution in [0.25, 0.3) is 16.8 Å². The summed E-state index contributed by atoms with van der Waals surface area (Å²) in [6, 6.07) is 20.4. The van der Waals surface area contributed by atoms with E-state index in [0.29, 0.717) is 30.2 Å². The molecule has 0 saturated carbocycles. The third kappa shape index (κ3) is 5.17. The Bertz CT molecular complexity index is 1190. The highest BCUT2D eigenvalue weighted by Crippen LogP contribution is 2.31. The third-order valence-corrected chi connectivity index (χ3v) is 6.19. The van der Waals surface area contributed by atoms with E-state index < -0.39 is 0 Å². The van der Waals surface area contributed by atoms with Gasteiger partial charge in [0.1, 0.15) is 11.5 Å². The summed E-state index contributed by atoms with van der Waals surface area (Å²) in [5, 5.41) is 12.9. The molecule has 4 N–H and O–H groups in total. The van der Waals surface area contributed by atoms with Gasteiger partial charge in [0.15, 0.2) is 0 Å². The van der Waals surface area contributed by atoms with Gasteiger partial charge in [-0.25, -0.2) is 0 Å². The number of rotatable bonds is 7. The highest BCUT2D eigenvalue weighted by Gasteiger charge is 2.25. The summed E-state index contributed by atoms with van der Waals surface area (Å²) in [5.74, 6) is 1.14. The molecule has 6 heteroatoms. The minimum Gasteiger partial charge on any atom is -0.508 e. The second kappa shape index (κ2) is 10.3. The number of nitrogens with zero attached hydrogens (tertiary/aromatic N) is 1. The summed E-state index contributed by atoms with van der Waals surface area (Å²) < 4.78 is 6.16. The van der Waals surface area contributed by atoms with E-state index in [-0.39, 0.29) is 17.6 Å². The second-order valence-corrected chi connectivity index (χ2v) is 8.66. The van der Waals surface area contributed by atoms with E-state index in [2.05, 4.69) is 11.9 Å². The van der Waals surface area contributed by atoms with Crippen molar-refractivity contribution in [1.29, 1.82) is 0 Å². The Balaban J connectivity index is 1.44. The number of carbonyl (C=O) groups is 1. The van der Waals surface area contributed by atoms with Crippen molar-refractivity contribution < 1.29 is 14.6 Å². The van der Waals surface area contributed by atoms with Crippen molar-refractivity contribution in [3.8, 4) is 22.6 Å². The van der Waals surface area contributed by atoms with Crippen LogP contribution in [0.5, 0.6) is 11.5 Å². The summed E-state index contributed by atoms with van der Waals surface area (Å²) in [4.78, 5) is 15.2. The number of benzene rings is 3. The molecule has 1 fully saturated rings. The molecule has 4 rings (SSSR count). The predicted molar refractivity (Wildman–Crippen MR) is 137 cm³/mol. The molecule has 1 unspecified atom stereocenters. The maximum Gasteiger partial charge on any atom is 0.253 e. The molecule has 1 aliphatic heterocycles. The predicted octanol–water partition coefficient (Wildman–Crippen LogP) is 4.96. The molecule has 176 valence electrons. The summed E-state index contributed by atoms with van der Waals surface area (Å²) in [5.41, 5.74) is 10.5. The average Bonchev–Trinajstić information content (AvgIpc) is 2.86. The van der Waals surface area contributed by atoms with Gasteiger partial charge < -0.3 is 25.8 Å². The van der Waals surface area contributed by atoms with Crippen LogP contribution in [0.2, 0.25) is 0 Å². The maximum atomic E-state index is 13.3. The fourth-order valence-electron chi connectivity index (χ4n) is 4.48. The van der Waals surface area contributed by atoms with Crippen molar-refractivity contribution in [2.45, 2.75) is 12.8 Å². The first-order valence-electron chi connectivity index (χ1n) is 11.5. The van der Waals surface area contributed by atoms with Crippen molar-refractivity contribution in [1.82, 2.24) is 4.90 Å². The Morgan fingerprint density at radius 3 is 2.62 bits per heavy atom. The third-order valence-electron chi connectivity index (χ3n) is 6.19. The highest BCUT2D eigenvalue weighted by molar-refractivity contribution is 5.95. The fourth-order valence-corrected chi connectivity index (χ4v) is 4.48. The second-order valence-electron chi connectivity index (χ2n) is 8.66. The zero-order valence-corrected chi connectivity index (χ0v) is 19.5. The molecule has 0 bridgehead atoms. The molecule has 3 aromatic rings. The lowest BCUT2D eigenvalue weighted by atomic mass is 9.97. The van der Waals surface area contributed by atoms with Crippen molar-refractivity contribution in [2.75, 3.05) is 32.1 Å². The average molecular weight is 458 g/mol. The van der Waals surface area contributed by atoms with Crippen LogP contribution in [0.15, 0.2) is 73.3 Å². The Hall–Kier alpha value is -3.93. The van der Waals surface area contributed by atoms with E-state index in [1.54, 1.807) is 18.2 Å². The lowest BCUT2D eigenvalue weighted by Gasteiger charge is -2.33. The van der Waals surface area contributed by atoms with E-state index in [4.69, 9.17) is 10.5 Å². The van der Waals surface area contributed by atoms with Crippen LogP contribution in [-0.4, -0.2) is 42.7 Å². The summed E-state index contributed by atoms with van der Waals surface area (Å²) in [6.07, 6.45) is 1.93. The van der Waals surface area contributed by atoms with E-state index in [9.17, 15) is 9.90 Å². The molecule has 1 heterocycles. The largest absolute Gasteiger partial charge is 0.508 e. The van der Waals surface area contributed by atoms with Gasteiger partial charge in [-0.15, -0.1) is 0 Å². The number of ether oxygens (including phenoxy) is 1. The van der Waals surface area contributed by atoms with Crippen molar-refractivity contribution in [3.05, 3.63) is 84.4 Å². The smallest absolute Gasteiger partial charge is 0.253 e. The summed E-state index contributed by atoms with van der Waals surface area (Å²) >= 11 is 0. The van der Waals surface area contributed by atoms with Crippen molar-refractivity contribution in [2.24, 2.45) is 11.7 Å². The lowest BCUT2D eigenvalue weighted by molar-refractivity contribution is 0.0633. The Kier molecular flexibility index (Phi) is 7.07. The molecule has 0 aliphatic carbocycles. The molecule has 0 radical (unpaired) electrons. The Labute approximate surface area is 200 Å². The van der Waals surface area contributed by atoms with E-state index in [1.165, 1.54) is 0 Å². The normalized spacial score (nSPS) is 15.6. The number of hydrogen-bond donors (Lipinski definition) is 3. The van der Waals surface area contributed by atoms with Gasteiger partial charge in [-0.2, -0.15) is 0 Å². The number of hydrogen-bond acceptors (Lipinski definition) is 5. The van der Waals surface area contributed by atoms with Crippen molar-refractivity contribution in [3.63, 3.8) is 0 Å². The molecule has 6 nitrogen and oxygen atoms in total. The van der Waals surface area contributed by atoms with E-state index in [0.717, 1.165) is 41.8 Å². The number of piperidine rings is 1. The van der Waals surface area contributed by atoms with Crippen LogP contribution >= 0.6 is 0 Å². The molecule has 34 heavy (non-hydrogen) atoms.